The Morgan fingerprint density at radius 2 is 1.19 bits per heavy atom. The van der Waals surface area contributed by atoms with Crippen LogP contribution < -0.4 is 0 Å². The van der Waals surface area contributed by atoms with Crippen molar-refractivity contribution in [1.82, 2.24) is 0 Å². The smallest absolute Gasteiger partial charge is 0.00907 e. The van der Waals surface area contributed by atoms with Crippen molar-refractivity contribution in [2.75, 3.05) is 0 Å². The molecule has 2 fully saturated rings. The maximum absolute atomic E-state index is 2.71. The van der Waals surface area contributed by atoms with Crippen molar-refractivity contribution in [2.45, 2.75) is 88.0 Å². The van der Waals surface area contributed by atoms with Crippen molar-refractivity contribution in [3.05, 3.63) is 95.6 Å². The lowest BCUT2D eigenvalue weighted by Gasteiger charge is -2.40. The Hall–Kier alpha value is -2.34. The van der Waals surface area contributed by atoms with Gasteiger partial charge in [0.25, 0.3) is 0 Å². The second-order valence-electron chi connectivity index (χ2n) is 17.7. The van der Waals surface area contributed by atoms with Crippen molar-refractivity contribution < 1.29 is 0 Å². The van der Waals surface area contributed by atoms with Gasteiger partial charge in [-0.3, -0.25) is 0 Å². The van der Waals surface area contributed by atoms with Gasteiger partial charge in [-0.25, -0.2) is 0 Å². The second kappa shape index (κ2) is 10.4. The van der Waals surface area contributed by atoms with E-state index in [0.717, 1.165) is 11.8 Å². The number of hydrogen-bond acceptors (Lipinski definition) is 0. The van der Waals surface area contributed by atoms with Crippen LogP contribution in [0.3, 0.4) is 0 Å². The molecule has 0 heterocycles. The number of fused-ring (bicyclic) bond motifs is 4. The Balaban J connectivity index is 1.50. The third-order valence-corrected chi connectivity index (χ3v) is 11.9. The fourth-order valence-electron chi connectivity index (χ4n) is 9.33. The van der Waals surface area contributed by atoms with Crippen LogP contribution in [0.5, 0.6) is 0 Å². The average Bonchev–Trinajstić information content (AvgIpc) is 3.46. The molecule has 2 aromatic rings. The average molecular weight is 561 g/mol. The summed E-state index contributed by atoms with van der Waals surface area (Å²) in [6.07, 6.45) is 18.5. The van der Waals surface area contributed by atoms with Crippen molar-refractivity contribution >= 4 is 10.8 Å². The molecule has 8 unspecified atom stereocenters. The Morgan fingerprint density at radius 3 is 1.69 bits per heavy atom. The molecule has 0 amide bonds. The predicted molar refractivity (Wildman–Crippen MR) is 182 cm³/mol. The van der Waals surface area contributed by atoms with Crippen LogP contribution in [0.2, 0.25) is 0 Å². The number of hydrogen-bond donors (Lipinski definition) is 0. The Bertz CT molecular complexity index is 1390. The van der Waals surface area contributed by atoms with E-state index in [2.05, 4.69) is 148 Å². The lowest BCUT2D eigenvalue weighted by atomic mass is 9.64. The second-order valence-corrected chi connectivity index (χ2v) is 17.7. The molecule has 42 heavy (non-hydrogen) atoms. The SMILES string of the molecule is CC1CC(C(C)(C)C)CC1C(c1ccc2ccccc2c1)C1C2C=CC(C(C)(C)C)=CC2C2C=C(C(C)(C)C)C=CC21. The summed E-state index contributed by atoms with van der Waals surface area (Å²) in [6, 6.07) is 16.5. The third kappa shape index (κ3) is 5.31. The van der Waals surface area contributed by atoms with Crippen molar-refractivity contribution in [3.63, 3.8) is 0 Å². The molecule has 2 aromatic carbocycles. The fourth-order valence-corrected chi connectivity index (χ4v) is 9.33. The molecule has 4 aliphatic carbocycles. The maximum Gasteiger partial charge on any atom is -0.00907 e. The molecule has 0 saturated heterocycles. The van der Waals surface area contributed by atoms with Crippen LogP contribution in [0.1, 0.15) is 93.6 Å². The highest BCUT2D eigenvalue weighted by Crippen LogP contribution is 2.62. The zero-order valence-corrected chi connectivity index (χ0v) is 28.1. The van der Waals surface area contributed by atoms with E-state index in [9.17, 15) is 0 Å². The summed E-state index contributed by atoms with van der Waals surface area (Å²) in [5, 5.41) is 2.76. The van der Waals surface area contributed by atoms with Crippen LogP contribution in [0.15, 0.2) is 90.1 Å². The van der Waals surface area contributed by atoms with Gasteiger partial charge in [-0.2, -0.15) is 0 Å². The van der Waals surface area contributed by atoms with Crippen molar-refractivity contribution in [2.24, 2.45) is 63.6 Å². The van der Waals surface area contributed by atoms with Gasteiger partial charge in [-0.15, -0.1) is 0 Å². The first-order valence-electron chi connectivity index (χ1n) is 16.9. The molecule has 4 aliphatic rings. The summed E-state index contributed by atoms with van der Waals surface area (Å²) in [7, 11) is 0. The molecule has 8 atom stereocenters. The number of benzene rings is 2. The molecule has 0 aliphatic heterocycles. The lowest BCUT2D eigenvalue weighted by Crippen LogP contribution is -2.31. The standard InChI is InChI=1S/C42H56/c1-26-21-32(42(8,9)10)25-35(26)38(29-16-15-27-13-11-12-14-28(27)22-29)39-33-19-17-30(40(2,3)4)23-36(33)37-24-31(41(5,6)7)18-20-34(37)39/h11-20,22-24,26,32-39H,21,25H2,1-10H3. The molecule has 0 spiro atoms. The van der Waals surface area contributed by atoms with Gasteiger partial charge in [0.1, 0.15) is 0 Å². The molecule has 6 rings (SSSR count). The van der Waals surface area contributed by atoms with E-state index in [1.165, 1.54) is 34.8 Å². The Kier molecular flexibility index (Phi) is 7.35. The lowest BCUT2D eigenvalue weighted by molar-refractivity contribution is 0.196. The van der Waals surface area contributed by atoms with Gasteiger partial charge in [0, 0.05) is 0 Å². The Labute approximate surface area is 257 Å². The van der Waals surface area contributed by atoms with Gasteiger partial charge in [-0.05, 0) is 110 Å². The first-order chi connectivity index (χ1) is 19.6. The molecular weight excluding hydrogens is 504 g/mol. The molecule has 0 aromatic heterocycles. The molecule has 0 N–H and O–H groups in total. The van der Waals surface area contributed by atoms with E-state index in [1.54, 1.807) is 5.56 Å². The summed E-state index contributed by atoms with van der Waals surface area (Å²) >= 11 is 0. The minimum Gasteiger partial charge on any atom is -0.0802 e. The van der Waals surface area contributed by atoms with E-state index < -0.39 is 0 Å². The summed E-state index contributed by atoms with van der Waals surface area (Å²) in [5.41, 5.74) is 5.34. The van der Waals surface area contributed by atoms with E-state index in [-0.39, 0.29) is 10.8 Å². The largest absolute Gasteiger partial charge is 0.0802 e. The van der Waals surface area contributed by atoms with Crippen LogP contribution in [-0.2, 0) is 0 Å². The highest BCUT2D eigenvalue weighted by molar-refractivity contribution is 5.83. The molecule has 0 nitrogen and oxygen atoms in total. The van der Waals surface area contributed by atoms with Crippen LogP contribution in [0.25, 0.3) is 10.8 Å². The predicted octanol–water partition coefficient (Wildman–Crippen LogP) is 11.8. The van der Waals surface area contributed by atoms with Crippen molar-refractivity contribution in [1.29, 1.82) is 0 Å². The quantitative estimate of drug-likeness (QED) is 0.350. The molecule has 224 valence electrons. The van der Waals surface area contributed by atoms with Gasteiger partial charge in [0.15, 0.2) is 0 Å². The topological polar surface area (TPSA) is 0 Å². The van der Waals surface area contributed by atoms with Crippen LogP contribution in [0, 0.1) is 63.6 Å². The zero-order chi connectivity index (χ0) is 30.2. The highest BCUT2D eigenvalue weighted by Gasteiger charge is 2.55. The first kappa shape index (κ1) is 29.7. The molecule has 0 radical (unpaired) electrons. The minimum absolute atomic E-state index is 0.174. The summed E-state index contributed by atoms with van der Waals surface area (Å²) in [6.45, 7) is 24.3. The van der Waals surface area contributed by atoms with Gasteiger partial charge in [-0.1, -0.05) is 148 Å². The van der Waals surface area contributed by atoms with E-state index >= 15 is 0 Å². The Morgan fingerprint density at radius 1 is 0.643 bits per heavy atom. The van der Waals surface area contributed by atoms with Crippen molar-refractivity contribution in [3.8, 4) is 0 Å². The van der Waals surface area contributed by atoms with E-state index in [1.807, 2.05) is 0 Å². The summed E-state index contributed by atoms with van der Waals surface area (Å²) < 4.78 is 0. The van der Waals surface area contributed by atoms with E-state index in [4.69, 9.17) is 0 Å². The molecule has 2 saturated carbocycles. The maximum atomic E-state index is 2.71. The zero-order valence-electron chi connectivity index (χ0n) is 28.1. The van der Waals surface area contributed by atoms with Gasteiger partial charge in [0.05, 0.1) is 0 Å². The number of rotatable bonds is 3. The van der Waals surface area contributed by atoms with Gasteiger partial charge >= 0.3 is 0 Å². The highest BCUT2D eigenvalue weighted by atomic mass is 14.6. The fraction of sp³-hybridized carbons (Fsp3) is 0.571. The molecular formula is C42H56. The summed E-state index contributed by atoms with van der Waals surface area (Å²) in [4.78, 5) is 0. The molecule has 0 bridgehead atoms. The van der Waals surface area contributed by atoms with Gasteiger partial charge in [0.2, 0.25) is 0 Å². The van der Waals surface area contributed by atoms with Crippen LogP contribution in [-0.4, -0.2) is 0 Å². The molecule has 0 heteroatoms. The number of allylic oxidation sites excluding steroid dienone is 8. The third-order valence-electron chi connectivity index (χ3n) is 11.9. The minimum atomic E-state index is 0.174. The summed E-state index contributed by atoms with van der Waals surface area (Å²) in [5.74, 6) is 5.69. The monoisotopic (exact) mass is 560 g/mol. The van der Waals surface area contributed by atoms with Crippen LogP contribution >= 0.6 is 0 Å². The van der Waals surface area contributed by atoms with Gasteiger partial charge < -0.3 is 0 Å². The van der Waals surface area contributed by atoms with E-state index in [0.29, 0.717) is 46.8 Å². The normalized spacial score (nSPS) is 33.8. The van der Waals surface area contributed by atoms with Crippen LogP contribution in [0.4, 0.5) is 0 Å². The first-order valence-corrected chi connectivity index (χ1v) is 16.9.